The predicted octanol–water partition coefficient (Wildman–Crippen LogP) is 4.54. The maximum atomic E-state index is 10.4. The van der Waals surface area contributed by atoms with E-state index in [0.29, 0.717) is 13.0 Å². The van der Waals surface area contributed by atoms with Crippen molar-refractivity contribution in [1.82, 2.24) is 0 Å². The molecule has 0 aliphatic heterocycles. The van der Waals surface area contributed by atoms with Crippen LogP contribution in [0.15, 0.2) is 30.3 Å². The summed E-state index contributed by atoms with van der Waals surface area (Å²) in [6, 6.07) is 8.54. The third kappa shape index (κ3) is 15.9. The van der Waals surface area contributed by atoms with Gasteiger partial charge in [0.15, 0.2) is 0 Å². The molecule has 4 heteroatoms. The van der Waals surface area contributed by atoms with Crippen LogP contribution in [0, 0.1) is 0 Å². The van der Waals surface area contributed by atoms with Gasteiger partial charge in [0.05, 0.1) is 0 Å². The van der Waals surface area contributed by atoms with Crippen LogP contribution in [0.25, 0.3) is 0 Å². The van der Waals surface area contributed by atoms with Crippen molar-refractivity contribution in [2.24, 2.45) is 5.73 Å². The molecule has 0 bridgehead atoms. The number of unbranched alkanes of at least 4 members (excludes halogenated alkanes) is 9. The molecular weight excluding hydrogens is 314 g/mol. The van der Waals surface area contributed by atoms with Crippen molar-refractivity contribution >= 4 is 5.97 Å². The maximum absolute atomic E-state index is 10.4. The summed E-state index contributed by atoms with van der Waals surface area (Å²) < 4.78 is 0. The summed E-state index contributed by atoms with van der Waals surface area (Å²) in [7, 11) is 0. The fourth-order valence-corrected chi connectivity index (χ4v) is 2.55. The molecule has 1 aromatic rings. The smallest absolute Gasteiger partial charge is 0.320 e. The number of carboxylic acid groups (broad SMARTS) is 1. The highest BCUT2D eigenvalue weighted by Crippen LogP contribution is 2.10. The fraction of sp³-hybridized carbons (Fsp3) is 0.667. The van der Waals surface area contributed by atoms with E-state index in [1.54, 1.807) is 0 Å². The maximum Gasteiger partial charge on any atom is 0.320 e. The van der Waals surface area contributed by atoms with Gasteiger partial charge < -0.3 is 15.9 Å². The zero-order chi connectivity index (χ0) is 18.8. The first-order valence-corrected chi connectivity index (χ1v) is 9.75. The molecule has 1 atom stereocenters. The summed E-state index contributed by atoms with van der Waals surface area (Å²) >= 11 is 0. The number of nitrogens with two attached hydrogens (primary N) is 1. The Kier molecular flexibility index (Phi) is 16.5. The van der Waals surface area contributed by atoms with Crippen molar-refractivity contribution < 1.29 is 15.0 Å². The molecule has 0 saturated carbocycles. The van der Waals surface area contributed by atoms with E-state index in [2.05, 4.69) is 6.92 Å². The molecule has 0 spiro atoms. The Morgan fingerprint density at radius 2 is 1.40 bits per heavy atom. The monoisotopic (exact) mass is 351 g/mol. The third-order valence-electron chi connectivity index (χ3n) is 4.13. The van der Waals surface area contributed by atoms with E-state index in [-0.39, 0.29) is 0 Å². The largest absolute Gasteiger partial charge is 0.480 e. The minimum atomic E-state index is -0.959. The predicted molar refractivity (Wildman–Crippen MR) is 105 cm³/mol. The van der Waals surface area contributed by atoms with E-state index >= 15 is 0 Å². The molecule has 0 aromatic heterocycles. The molecule has 1 rings (SSSR count). The van der Waals surface area contributed by atoms with Gasteiger partial charge >= 0.3 is 5.97 Å². The normalized spacial score (nSPS) is 11.5. The van der Waals surface area contributed by atoms with E-state index in [1.807, 2.05) is 30.3 Å². The number of hydrogen-bond donors (Lipinski definition) is 3. The molecule has 4 nitrogen and oxygen atoms in total. The Morgan fingerprint density at radius 3 is 1.84 bits per heavy atom. The molecule has 0 fully saturated rings. The van der Waals surface area contributed by atoms with Crippen LogP contribution >= 0.6 is 0 Å². The first-order valence-electron chi connectivity index (χ1n) is 9.75. The first kappa shape index (κ1) is 23.6. The number of carbonyl (C=O) groups is 1. The molecule has 0 heterocycles. The lowest BCUT2D eigenvalue weighted by molar-refractivity contribution is -0.138. The van der Waals surface area contributed by atoms with Crippen molar-refractivity contribution in [2.45, 2.75) is 83.6 Å². The fourth-order valence-electron chi connectivity index (χ4n) is 2.55. The number of benzene rings is 1. The standard InChI is InChI=1S/C12H26O.C9H11NO2/c1-2-3-4-5-6-7-8-9-10-11-12-13;10-8(9(11)12)6-7-4-2-1-3-5-7/h13H,2-12H2,1H3;1-5,8H,6,10H2,(H,11,12)/t;8-/m.0/s1. The molecule has 144 valence electrons. The van der Waals surface area contributed by atoms with Crippen LogP contribution in [-0.4, -0.2) is 28.8 Å². The Hall–Kier alpha value is -1.39. The van der Waals surface area contributed by atoms with Gasteiger partial charge in [0.2, 0.25) is 0 Å². The highest BCUT2D eigenvalue weighted by atomic mass is 16.4. The van der Waals surface area contributed by atoms with E-state index in [0.717, 1.165) is 12.0 Å². The summed E-state index contributed by atoms with van der Waals surface area (Å²) in [5.74, 6) is -0.959. The Morgan fingerprint density at radius 1 is 0.920 bits per heavy atom. The number of carboxylic acids is 1. The molecule has 4 N–H and O–H groups in total. The summed E-state index contributed by atoms with van der Waals surface area (Å²) in [4.78, 5) is 10.4. The van der Waals surface area contributed by atoms with Gasteiger partial charge in [-0.25, -0.2) is 0 Å². The van der Waals surface area contributed by atoms with E-state index < -0.39 is 12.0 Å². The van der Waals surface area contributed by atoms with Crippen molar-refractivity contribution in [1.29, 1.82) is 0 Å². The van der Waals surface area contributed by atoms with Gasteiger partial charge in [0.1, 0.15) is 6.04 Å². The highest BCUT2D eigenvalue weighted by Gasteiger charge is 2.10. The van der Waals surface area contributed by atoms with Crippen molar-refractivity contribution in [2.75, 3.05) is 6.61 Å². The molecule has 0 saturated heterocycles. The second-order valence-corrected chi connectivity index (χ2v) is 6.54. The molecule has 0 aliphatic rings. The quantitative estimate of drug-likeness (QED) is 0.456. The van der Waals surface area contributed by atoms with Gasteiger partial charge in [-0.05, 0) is 18.4 Å². The average Bonchev–Trinajstić information content (AvgIpc) is 2.62. The number of rotatable bonds is 13. The molecule has 0 amide bonds. The van der Waals surface area contributed by atoms with Gasteiger partial charge in [-0.1, -0.05) is 95.0 Å². The lowest BCUT2D eigenvalue weighted by Gasteiger charge is -2.04. The number of aliphatic hydroxyl groups excluding tert-OH is 1. The molecule has 1 aromatic carbocycles. The Bertz CT molecular complexity index is 399. The van der Waals surface area contributed by atoms with Gasteiger partial charge in [0, 0.05) is 6.61 Å². The molecule has 0 radical (unpaired) electrons. The molecule has 0 unspecified atom stereocenters. The molecular formula is C21H37NO3. The Balaban J connectivity index is 0.000000462. The average molecular weight is 352 g/mol. The van der Waals surface area contributed by atoms with Crippen LogP contribution in [-0.2, 0) is 11.2 Å². The lowest BCUT2D eigenvalue weighted by Crippen LogP contribution is -2.32. The van der Waals surface area contributed by atoms with Crippen LogP contribution in [0.5, 0.6) is 0 Å². The third-order valence-corrected chi connectivity index (χ3v) is 4.13. The minimum absolute atomic E-state index is 0.372. The zero-order valence-electron chi connectivity index (χ0n) is 15.8. The van der Waals surface area contributed by atoms with Crippen molar-refractivity contribution in [3.63, 3.8) is 0 Å². The summed E-state index contributed by atoms with van der Waals surface area (Å²) in [6.07, 6.45) is 13.7. The molecule has 0 aliphatic carbocycles. The van der Waals surface area contributed by atoms with Crippen LogP contribution in [0.3, 0.4) is 0 Å². The summed E-state index contributed by atoms with van der Waals surface area (Å²) in [5.41, 5.74) is 6.30. The summed E-state index contributed by atoms with van der Waals surface area (Å²) in [5, 5.41) is 17.1. The zero-order valence-corrected chi connectivity index (χ0v) is 15.8. The molecule has 25 heavy (non-hydrogen) atoms. The van der Waals surface area contributed by atoms with Crippen molar-refractivity contribution in [3.8, 4) is 0 Å². The minimum Gasteiger partial charge on any atom is -0.480 e. The van der Waals surface area contributed by atoms with Gasteiger partial charge in [-0.15, -0.1) is 0 Å². The second-order valence-electron chi connectivity index (χ2n) is 6.54. The number of hydrogen-bond acceptors (Lipinski definition) is 3. The van der Waals surface area contributed by atoms with E-state index in [9.17, 15) is 4.79 Å². The van der Waals surface area contributed by atoms with Gasteiger partial charge in [-0.2, -0.15) is 0 Å². The Labute approximate surface area is 153 Å². The SMILES string of the molecule is CCCCCCCCCCCCO.N[C@@H](Cc1ccccc1)C(=O)O. The number of aliphatic carboxylic acids is 1. The van der Waals surface area contributed by atoms with Gasteiger partial charge in [0.25, 0.3) is 0 Å². The lowest BCUT2D eigenvalue weighted by atomic mass is 10.1. The van der Waals surface area contributed by atoms with Crippen LogP contribution in [0.2, 0.25) is 0 Å². The van der Waals surface area contributed by atoms with Crippen LogP contribution < -0.4 is 5.73 Å². The van der Waals surface area contributed by atoms with Crippen LogP contribution in [0.1, 0.15) is 76.7 Å². The van der Waals surface area contributed by atoms with E-state index in [4.69, 9.17) is 15.9 Å². The highest BCUT2D eigenvalue weighted by molar-refractivity contribution is 5.73. The second kappa shape index (κ2) is 17.4. The topological polar surface area (TPSA) is 83.5 Å². The first-order chi connectivity index (χ1) is 12.1. The summed E-state index contributed by atoms with van der Waals surface area (Å²) in [6.45, 7) is 2.63. The van der Waals surface area contributed by atoms with Crippen molar-refractivity contribution in [3.05, 3.63) is 35.9 Å². The van der Waals surface area contributed by atoms with Crippen LogP contribution in [0.4, 0.5) is 0 Å². The van der Waals surface area contributed by atoms with Gasteiger partial charge in [-0.3, -0.25) is 4.79 Å². The van der Waals surface area contributed by atoms with E-state index in [1.165, 1.54) is 57.8 Å². The number of aliphatic hydroxyl groups is 1.